The fourth-order valence-electron chi connectivity index (χ4n) is 2.92. The lowest BCUT2D eigenvalue weighted by Crippen LogP contribution is -2.34. The maximum Gasteiger partial charge on any atom is 0.314 e. The first-order valence-electron chi connectivity index (χ1n) is 6.31. The zero-order chi connectivity index (χ0) is 14.9. The van der Waals surface area contributed by atoms with E-state index >= 15 is 0 Å². The van der Waals surface area contributed by atoms with Crippen LogP contribution in [0.3, 0.4) is 0 Å². The van der Waals surface area contributed by atoms with Crippen molar-refractivity contribution in [2.24, 2.45) is 0 Å². The summed E-state index contributed by atoms with van der Waals surface area (Å²) in [5.41, 5.74) is -1.70. The smallest absolute Gasteiger partial charge is 0.314 e. The Morgan fingerprint density at radius 1 is 1.25 bits per heavy atom. The molecule has 0 atom stereocenters. The van der Waals surface area contributed by atoms with Gasteiger partial charge in [-0.2, -0.15) is 0 Å². The standard InChI is InChI=1S/C14H16F2O4/c1-19-9-7-8(15)11(16)10(12(9)20-2)14(13(17)18)5-3-4-6-14/h7H,3-6H2,1-2H3,(H,17,18). The second kappa shape index (κ2) is 5.26. The van der Waals surface area contributed by atoms with Crippen molar-refractivity contribution in [1.82, 2.24) is 0 Å². The number of carbonyl (C=O) groups is 1. The van der Waals surface area contributed by atoms with Crippen LogP contribution in [0.25, 0.3) is 0 Å². The molecule has 0 aliphatic heterocycles. The molecule has 20 heavy (non-hydrogen) atoms. The van der Waals surface area contributed by atoms with Gasteiger partial charge in [0.05, 0.1) is 25.2 Å². The van der Waals surface area contributed by atoms with E-state index in [0.717, 1.165) is 6.07 Å². The van der Waals surface area contributed by atoms with Crippen molar-refractivity contribution in [2.45, 2.75) is 31.1 Å². The normalized spacial score (nSPS) is 17.0. The monoisotopic (exact) mass is 286 g/mol. The van der Waals surface area contributed by atoms with E-state index in [1.807, 2.05) is 0 Å². The number of halogens is 2. The molecule has 1 aromatic carbocycles. The molecule has 0 radical (unpaired) electrons. The number of benzene rings is 1. The number of aliphatic carboxylic acids is 1. The fraction of sp³-hybridized carbons (Fsp3) is 0.500. The van der Waals surface area contributed by atoms with Crippen molar-refractivity contribution in [2.75, 3.05) is 14.2 Å². The molecule has 2 rings (SSSR count). The SMILES string of the molecule is COc1cc(F)c(F)c(C2(C(=O)O)CCCC2)c1OC. The van der Waals surface area contributed by atoms with E-state index in [0.29, 0.717) is 12.8 Å². The fourth-order valence-corrected chi connectivity index (χ4v) is 2.92. The van der Waals surface area contributed by atoms with Gasteiger partial charge in [-0.3, -0.25) is 4.79 Å². The minimum absolute atomic E-state index is 0.00562. The van der Waals surface area contributed by atoms with Gasteiger partial charge >= 0.3 is 5.97 Å². The van der Waals surface area contributed by atoms with Crippen LogP contribution in [-0.2, 0) is 10.2 Å². The van der Waals surface area contributed by atoms with Crippen molar-refractivity contribution in [3.63, 3.8) is 0 Å². The Morgan fingerprint density at radius 3 is 2.30 bits per heavy atom. The van der Waals surface area contributed by atoms with E-state index in [9.17, 15) is 18.7 Å². The molecule has 0 spiro atoms. The largest absolute Gasteiger partial charge is 0.493 e. The summed E-state index contributed by atoms with van der Waals surface area (Å²) in [7, 11) is 2.57. The lowest BCUT2D eigenvalue weighted by molar-refractivity contribution is -0.143. The number of rotatable bonds is 4. The molecule has 1 aliphatic carbocycles. The predicted octanol–water partition coefficient (Wildman–Crippen LogP) is 2.88. The van der Waals surface area contributed by atoms with E-state index in [-0.39, 0.29) is 29.9 Å². The molecule has 0 aromatic heterocycles. The van der Waals surface area contributed by atoms with E-state index < -0.39 is 23.0 Å². The summed E-state index contributed by atoms with van der Waals surface area (Å²) in [6.07, 6.45) is 1.80. The average molecular weight is 286 g/mol. The lowest BCUT2D eigenvalue weighted by atomic mass is 9.78. The Bertz CT molecular complexity index is 536. The van der Waals surface area contributed by atoms with Gasteiger partial charge < -0.3 is 14.6 Å². The van der Waals surface area contributed by atoms with Crippen LogP contribution in [0.1, 0.15) is 31.2 Å². The van der Waals surface area contributed by atoms with Gasteiger partial charge in [-0.05, 0) is 12.8 Å². The summed E-state index contributed by atoms with van der Waals surface area (Å²) < 4.78 is 38.0. The molecular formula is C14H16F2O4. The van der Waals surface area contributed by atoms with E-state index in [4.69, 9.17) is 9.47 Å². The van der Waals surface area contributed by atoms with Crippen LogP contribution in [0.4, 0.5) is 8.78 Å². The maximum absolute atomic E-state index is 14.2. The molecule has 4 nitrogen and oxygen atoms in total. The summed E-state index contributed by atoms with van der Waals surface area (Å²) >= 11 is 0. The first-order chi connectivity index (χ1) is 9.47. The van der Waals surface area contributed by atoms with Crippen LogP contribution in [0.15, 0.2) is 6.07 Å². The van der Waals surface area contributed by atoms with Gasteiger partial charge in [0.1, 0.15) is 0 Å². The molecule has 1 fully saturated rings. The molecule has 1 aromatic rings. The van der Waals surface area contributed by atoms with E-state index in [1.165, 1.54) is 14.2 Å². The quantitative estimate of drug-likeness (QED) is 0.924. The highest BCUT2D eigenvalue weighted by molar-refractivity contribution is 5.83. The molecule has 1 saturated carbocycles. The van der Waals surface area contributed by atoms with E-state index in [2.05, 4.69) is 0 Å². The van der Waals surface area contributed by atoms with Crippen LogP contribution in [0.5, 0.6) is 11.5 Å². The number of carboxylic acid groups (broad SMARTS) is 1. The highest BCUT2D eigenvalue weighted by Crippen LogP contribution is 2.49. The molecule has 0 heterocycles. The summed E-state index contributed by atoms with van der Waals surface area (Å²) in [6.45, 7) is 0. The van der Waals surface area contributed by atoms with Gasteiger partial charge in [-0.15, -0.1) is 0 Å². The van der Waals surface area contributed by atoms with Gasteiger partial charge in [-0.1, -0.05) is 12.8 Å². The van der Waals surface area contributed by atoms with Gasteiger partial charge in [0.15, 0.2) is 23.1 Å². The third-order valence-electron chi connectivity index (χ3n) is 3.91. The number of carboxylic acids is 1. The van der Waals surface area contributed by atoms with Crippen molar-refractivity contribution in [1.29, 1.82) is 0 Å². The Morgan fingerprint density at radius 2 is 1.85 bits per heavy atom. The van der Waals surface area contributed by atoms with Crippen molar-refractivity contribution in [3.05, 3.63) is 23.3 Å². The second-order valence-electron chi connectivity index (χ2n) is 4.88. The zero-order valence-electron chi connectivity index (χ0n) is 11.3. The zero-order valence-corrected chi connectivity index (χ0v) is 11.3. The van der Waals surface area contributed by atoms with Gasteiger partial charge in [-0.25, -0.2) is 8.78 Å². The Hall–Kier alpha value is -1.85. The number of methoxy groups -OCH3 is 2. The van der Waals surface area contributed by atoms with Crippen molar-refractivity contribution in [3.8, 4) is 11.5 Å². The minimum Gasteiger partial charge on any atom is -0.493 e. The number of ether oxygens (including phenoxy) is 2. The highest BCUT2D eigenvalue weighted by Gasteiger charge is 2.48. The second-order valence-corrected chi connectivity index (χ2v) is 4.88. The maximum atomic E-state index is 14.2. The summed E-state index contributed by atoms with van der Waals surface area (Å²) in [4.78, 5) is 11.7. The average Bonchev–Trinajstić information content (AvgIpc) is 2.91. The van der Waals surface area contributed by atoms with E-state index in [1.54, 1.807) is 0 Å². The van der Waals surface area contributed by atoms with Crippen LogP contribution in [-0.4, -0.2) is 25.3 Å². The lowest BCUT2D eigenvalue weighted by Gasteiger charge is -2.27. The summed E-state index contributed by atoms with van der Waals surface area (Å²) in [6, 6.07) is 0.863. The third-order valence-corrected chi connectivity index (χ3v) is 3.91. The third kappa shape index (κ3) is 1.99. The molecule has 0 amide bonds. The minimum atomic E-state index is -1.45. The predicted molar refractivity (Wildman–Crippen MR) is 67.2 cm³/mol. The summed E-state index contributed by atoms with van der Waals surface area (Å²) in [5, 5.41) is 9.53. The van der Waals surface area contributed by atoms with Gasteiger partial charge in [0.2, 0.25) is 0 Å². The van der Waals surface area contributed by atoms with Crippen LogP contribution in [0, 0.1) is 11.6 Å². The molecule has 1 N–H and O–H groups in total. The number of hydrogen-bond acceptors (Lipinski definition) is 3. The number of hydrogen-bond donors (Lipinski definition) is 1. The molecule has 0 unspecified atom stereocenters. The molecule has 0 saturated heterocycles. The van der Waals surface area contributed by atoms with Gasteiger partial charge in [0.25, 0.3) is 0 Å². The van der Waals surface area contributed by atoms with Gasteiger partial charge in [0, 0.05) is 6.07 Å². The highest BCUT2D eigenvalue weighted by atomic mass is 19.2. The summed E-state index contributed by atoms with van der Waals surface area (Å²) in [5.74, 6) is -3.53. The Kier molecular flexibility index (Phi) is 3.83. The molecule has 0 bridgehead atoms. The molecule has 1 aliphatic rings. The van der Waals surface area contributed by atoms with Crippen LogP contribution >= 0.6 is 0 Å². The molecule has 110 valence electrons. The van der Waals surface area contributed by atoms with Crippen molar-refractivity contribution >= 4 is 5.97 Å². The molecular weight excluding hydrogens is 270 g/mol. The van der Waals surface area contributed by atoms with Crippen LogP contribution in [0.2, 0.25) is 0 Å². The Balaban J connectivity index is 2.77. The Labute approximate surface area is 115 Å². The first kappa shape index (κ1) is 14.6. The first-order valence-corrected chi connectivity index (χ1v) is 6.31. The van der Waals surface area contributed by atoms with Crippen molar-refractivity contribution < 1.29 is 28.2 Å². The molecule has 6 heteroatoms. The topological polar surface area (TPSA) is 55.8 Å². The van der Waals surface area contributed by atoms with Crippen LogP contribution < -0.4 is 9.47 Å².